The molecule has 2 aromatic rings. The molecule has 1 aliphatic carbocycles. The lowest BCUT2D eigenvalue weighted by Gasteiger charge is -2.33. The van der Waals surface area contributed by atoms with Crippen molar-refractivity contribution >= 4 is 25.2 Å². The number of benzene rings is 2. The Hall–Kier alpha value is -1.49. The van der Waals surface area contributed by atoms with Crippen LogP contribution in [0.5, 0.6) is 0 Å². The fourth-order valence-corrected chi connectivity index (χ4v) is 4.63. The fraction of sp³-hybridized carbons (Fsp3) is 0.391. The molecule has 2 atom stereocenters. The van der Waals surface area contributed by atoms with Crippen LogP contribution >= 0.6 is 12.6 Å². The molecule has 0 saturated carbocycles. The van der Waals surface area contributed by atoms with Gasteiger partial charge in [-0.05, 0) is 61.8 Å². The topological polar surface area (TPSA) is 21.3 Å². The van der Waals surface area contributed by atoms with Crippen molar-refractivity contribution in [2.75, 3.05) is 0 Å². The van der Waals surface area contributed by atoms with Crippen molar-refractivity contribution < 1.29 is 4.65 Å². The smallest absolute Gasteiger partial charge is 0.411 e. The molecule has 4 rings (SSSR count). The maximum atomic E-state index is 6.48. The van der Waals surface area contributed by atoms with Crippen LogP contribution in [0.2, 0.25) is 0 Å². The molecule has 0 aromatic heterocycles. The largest absolute Gasteiger partial charge is 0.417 e. The average molecular weight is 377 g/mol. The second-order valence-electron chi connectivity index (χ2n) is 8.88. The summed E-state index contributed by atoms with van der Waals surface area (Å²) >= 11 is 4.74. The molecule has 0 bridgehead atoms. The molecular formula is C23H28BNOS. The van der Waals surface area contributed by atoms with E-state index in [4.69, 9.17) is 17.3 Å². The third-order valence-electron chi connectivity index (χ3n) is 6.54. The molecule has 1 aliphatic heterocycles. The first-order chi connectivity index (χ1) is 12.7. The van der Waals surface area contributed by atoms with Gasteiger partial charge in [0.15, 0.2) is 0 Å². The van der Waals surface area contributed by atoms with E-state index in [9.17, 15) is 0 Å². The lowest BCUT2D eigenvalue weighted by molar-refractivity contribution is 0.0751. The van der Waals surface area contributed by atoms with Crippen LogP contribution in [0.15, 0.2) is 59.5 Å². The van der Waals surface area contributed by atoms with E-state index < -0.39 is 0 Å². The first-order valence-corrected chi connectivity index (χ1v) is 10.2. The highest BCUT2D eigenvalue weighted by Crippen LogP contribution is 2.46. The van der Waals surface area contributed by atoms with Gasteiger partial charge in [-0.15, -0.1) is 12.6 Å². The van der Waals surface area contributed by atoms with Gasteiger partial charge in [-0.3, -0.25) is 0 Å². The van der Waals surface area contributed by atoms with Crippen molar-refractivity contribution in [3.05, 3.63) is 71.3 Å². The standard InChI is InChI=1S/C23H28BNOS/c1-15-14-19(24-25-22(2,3)23(4,5)26-24)16-10-6-7-11-17(16)21(15)18-12-8-9-13-20(18)27/h6-15,21,25,27H,1-5H3. The number of hydrogen-bond donors (Lipinski definition) is 2. The van der Waals surface area contributed by atoms with Crippen molar-refractivity contribution in [3.8, 4) is 0 Å². The Labute approximate surface area is 169 Å². The van der Waals surface area contributed by atoms with Gasteiger partial charge in [0.1, 0.15) is 0 Å². The molecule has 2 aliphatic rings. The lowest BCUT2D eigenvalue weighted by atomic mass is 9.61. The summed E-state index contributed by atoms with van der Waals surface area (Å²) in [7, 11) is -0.0919. The van der Waals surface area contributed by atoms with Gasteiger partial charge in [0.05, 0.1) is 5.60 Å². The van der Waals surface area contributed by atoms with Gasteiger partial charge in [0, 0.05) is 16.4 Å². The van der Waals surface area contributed by atoms with E-state index in [1.54, 1.807) is 0 Å². The Morgan fingerprint density at radius 2 is 1.59 bits per heavy atom. The maximum absolute atomic E-state index is 6.48. The summed E-state index contributed by atoms with van der Waals surface area (Å²) in [5.41, 5.74) is 4.86. The first-order valence-electron chi connectivity index (χ1n) is 9.76. The Morgan fingerprint density at radius 3 is 2.22 bits per heavy atom. The molecule has 2 aromatic carbocycles. The lowest BCUT2D eigenvalue weighted by Crippen LogP contribution is -2.49. The third-order valence-corrected chi connectivity index (χ3v) is 6.95. The van der Waals surface area contributed by atoms with Crippen LogP contribution in [-0.2, 0) is 4.65 Å². The van der Waals surface area contributed by atoms with Crippen LogP contribution in [0, 0.1) is 5.92 Å². The Morgan fingerprint density at radius 1 is 0.963 bits per heavy atom. The molecule has 2 nitrogen and oxygen atoms in total. The summed E-state index contributed by atoms with van der Waals surface area (Å²) in [6, 6.07) is 17.2. The van der Waals surface area contributed by atoms with E-state index in [0.717, 1.165) is 4.90 Å². The minimum absolute atomic E-state index is 0.0919. The molecule has 140 valence electrons. The molecule has 1 saturated heterocycles. The first kappa shape index (κ1) is 18.9. The Balaban J connectivity index is 1.80. The molecule has 27 heavy (non-hydrogen) atoms. The van der Waals surface area contributed by atoms with Gasteiger partial charge in [-0.1, -0.05) is 55.5 Å². The fourth-order valence-electron chi connectivity index (χ4n) is 4.33. The van der Waals surface area contributed by atoms with Gasteiger partial charge >= 0.3 is 7.05 Å². The molecule has 2 unspecified atom stereocenters. The van der Waals surface area contributed by atoms with Crippen LogP contribution < -0.4 is 5.23 Å². The molecule has 0 radical (unpaired) electrons. The molecule has 0 amide bonds. The highest BCUT2D eigenvalue weighted by atomic mass is 32.1. The van der Waals surface area contributed by atoms with Crippen LogP contribution in [0.4, 0.5) is 0 Å². The normalized spacial score (nSPS) is 25.9. The van der Waals surface area contributed by atoms with Crippen LogP contribution in [0.25, 0.3) is 5.47 Å². The highest BCUT2D eigenvalue weighted by Gasteiger charge is 2.51. The zero-order chi connectivity index (χ0) is 19.4. The van der Waals surface area contributed by atoms with Gasteiger partial charge in [-0.25, -0.2) is 0 Å². The molecular weight excluding hydrogens is 349 g/mol. The van der Waals surface area contributed by atoms with Gasteiger partial charge in [-0.2, -0.15) is 0 Å². The van der Waals surface area contributed by atoms with E-state index in [2.05, 4.69) is 88.4 Å². The quantitative estimate of drug-likeness (QED) is 0.544. The minimum atomic E-state index is -0.231. The SMILES string of the molecule is CC1C=C(B2NC(C)(C)C(C)(C)O2)c2ccccc2C1c1ccccc1S. The van der Waals surface area contributed by atoms with Crippen LogP contribution in [-0.4, -0.2) is 18.2 Å². The number of rotatable bonds is 2. The monoisotopic (exact) mass is 377 g/mol. The summed E-state index contributed by atoms with van der Waals surface area (Å²) < 4.78 is 6.48. The molecule has 1 N–H and O–H groups in total. The van der Waals surface area contributed by atoms with E-state index >= 15 is 0 Å². The second kappa shape index (κ2) is 6.54. The van der Waals surface area contributed by atoms with Gasteiger partial charge in [0.2, 0.25) is 0 Å². The molecule has 4 heteroatoms. The maximum Gasteiger partial charge on any atom is 0.417 e. The van der Waals surface area contributed by atoms with Crippen molar-refractivity contribution in [3.63, 3.8) is 0 Å². The summed E-state index contributed by atoms with van der Waals surface area (Å²) in [4.78, 5) is 1.05. The zero-order valence-corrected chi connectivity index (χ0v) is 17.7. The van der Waals surface area contributed by atoms with E-state index in [1.165, 1.54) is 22.2 Å². The number of hydrogen-bond acceptors (Lipinski definition) is 3. The molecule has 1 heterocycles. The van der Waals surface area contributed by atoms with Crippen molar-refractivity contribution in [1.29, 1.82) is 0 Å². The summed E-state index contributed by atoms with van der Waals surface area (Å²) in [5, 5.41) is 3.71. The van der Waals surface area contributed by atoms with Gasteiger partial charge < -0.3 is 9.88 Å². The van der Waals surface area contributed by atoms with E-state index in [-0.39, 0.29) is 18.2 Å². The average Bonchev–Trinajstić information content (AvgIpc) is 2.83. The molecule has 0 spiro atoms. The number of nitrogens with one attached hydrogen (secondary N) is 1. The number of fused-ring (bicyclic) bond motifs is 1. The Bertz CT molecular complexity index is 889. The third kappa shape index (κ3) is 3.08. The predicted molar refractivity (Wildman–Crippen MR) is 117 cm³/mol. The van der Waals surface area contributed by atoms with E-state index in [1.807, 2.05) is 6.07 Å². The predicted octanol–water partition coefficient (Wildman–Crippen LogP) is 5.34. The van der Waals surface area contributed by atoms with Gasteiger partial charge in [0.25, 0.3) is 0 Å². The number of thiol groups is 1. The summed E-state index contributed by atoms with van der Waals surface area (Å²) in [6.45, 7) is 11.1. The van der Waals surface area contributed by atoms with Crippen molar-refractivity contribution in [1.82, 2.24) is 5.23 Å². The minimum Gasteiger partial charge on any atom is -0.411 e. The van der Waals surface area contributed by atoms with E-state index in [0.29, 0.717) is 11.8 Å². The summed E-state index contributed by atoms with van der Waals surface area (Å²) in [6.07, 6.45) is 2.39. The van der Waals surface area contributed by atoms with Crippen molar-refractivity contribution in [2.24, 2.45) is 5.92 Å². The van der Waals surface area contributed by atoms with Crippen LogP contribution in [0.1, 0.15) is 57.2 Å². The van der Waals surface area contributed by atoms with Crippen LogP contribution in [0.3, 0.4) is 0 Å². The number of allylic oxidation sites excluding steroid dienone is 1. The zero-order valence-electron chi connectivity index (χ0n) is 16.8. The Kier molecular flexibility index (Phi) is 4.57. The van der Waals surface area contributed by atoms with Crippen molar-refractivity contribution in [2.45, 2.75) is 56.6 Å². The molecule has 1 fully saturated rings. The second-order valence-corrected chi connectivity index (χ2v) is 9.36. The highest BCUT2D eigenvalue weighted by molar-refractivity contribution is 7.80. The summed E-state index contributed by atoms with van der Waals surface area (Å²) in [5.74, 6) is 0.668.